The van der Waals surface area contributed by atoms with Gasteiger partial charge in [-0.25, -0.2) is 4.79 Å². The molecule has 0 aliphatic rings. The average molecular weight is 325 g/mol. The molecule has 0 saturated carbocycles. The third kappa shape index (κ3) is 3.32. The molecule has 0 radical (unpaired) electrons. The number of rotatable bonds is 2. The lowest BCUT2D eigenvalue weighted by atomic mass is 10.0. The Morgan fingerprint density at radius 1 is 1.08 bits per heavy atom. The van der Waals surface area contributed by atoms with Gasteiger partial charge in [0, 0.05) is 29.0 Å². The Bertz CT molecular complexity index is 931. The summed E-state index contributed by atoms with van der Waals surface area (Å²) in [7, 11) is 0. The van der Waals surface area contributed by atoms with E-state index >= 15 is 0 Å². The number of H-pyrrole nitrogens is 2. The molecule has 2 heterocycles. The number of aromatic amines is 2. The lowest BCUT2D eigenvalue weighted by Crippen LogP contribution is -2.27. The van der Waals surface area contributed by atoms with Crippen LogP contribution in [0.25, 0.3) is 22.0 Å². The van der Waals surface area contributed by atoms with Crippen molar-refractivity contribution in [2.45, 2.75) is 26.4 Å². The van der Waals surface area contributed by atoms with Crippen LogP contribution in [0.2, 0.25) is 0 Å². The highest BCUT2D eigenvalue weighted by Gasteiger charge is 2.16. The number of carbonyl (C=O) groups is 1. The number of hydrogen-bond acceptors (Lipinski definition) is 3. The van der Waals surface area contributed by atoms with Crippen LogP contribution in [0.1, 0.15) is 20.8 Å². The molecule has 0 saturated heterocycles. The predicted molar refractivity (Wildman–Crippen MR) is 94.2 cm³/mol. The van der Waals surface area contributed by atoms with Crippen LogP contribution in [-0.2, 0) is 4.74 Å². The molecular formula is C18H19N3O3. The molecule has 6 nitrogen and oxygen atoms in total. The zero-order valence-corrected chi connectivity index (χ0v) is 13.8. The molecule has 3 N–H and O–H groups in total. The van der Waals surface area contributed by atoms with Gasteiger partial charge in [0.05, 0.1) is 0 Å². The number of nitrogens with one attached hydrogen (secondary N) is 3. The van der Waals surface area contributed by atoms with Crippen LogP contribution < -0.4 is 10.9 Å². The van der Waals surface area contributed by atoms with E-state index in [-0.39, 0.29) is 5.56 Å². The van der Waals surface area contributed by atoms with E-state index in [0.717, 1.165) is 16.5 Å². The number of fused-ring (bicyclic) bond motifs is 1. The Hall–Kier alpha value is -3.02. The van der Waals surface area contributed by atoms with E-state index in [0.29, 0.717) is 11.2 Å². The van der Waals surface area contributed by atoms with Gasteiger partial charge in [-0.3, -0.25) is 10.1 Å². The van der Waals surface area contributed by atoms with Crippen LogP contribution in [0.5, 0.6) is 0 Å². The van der Waals surface area contributed by atoms with Crippen LogP contribution in [0, 0.1) is 0 Å². The third-order valence-electron chi connectivity index (χ3n) is 3.45. The molecule has 1 aromatic carbocycles. The zero-order chi connectivity index (χ0) is 17.3. The highest BCUT2D eigenvalue weighted by molar-refractivity contribution is 5.94. The van der Waals surface area contributed by atoms with E-state index in [1.165, 1.54) is 0 Å². The molecule has 2 aromatic heterocycles. The summed E-state index contributed by atoms with van der Waals surface area (Å²) in [5.41, 5.74) is 2.34. The maximum Gasteiger partial charge on any atom is 0.412 e. The second kappa shape index (κ2) is 5.88. The molecule has 0 bridgehead atoms. The van der Waals surface area contributed by atoms with Gasteiger partial charge in [-0.2, -0.15) is 0 Å². The number of anilines is 1. The third-order valence-corrected chi connectivity index (χ3v) is 3.45. The van der Waals surface area contributed by atoms with Gasteiger partial charge < -0.3 is 14.7 Å². The summed E-state index contributed by atoms with van der Waals surface area (Å²) < 4.78 is 5.22. The summed E-state index contributed by atoms with van der Waals surface area (Å²) in [5, 5.41) is 3.55. The summed E-state index contributed by atoms with van der Waals surface area (Å²) in [6, 6.07) is 9.22. The summed E-state index contributed by atoms with van der Waals surface area (Å²) in [5.74, 6) is 0. The molecule has 1 amide bonds. The number of ether oxygens (including phenoxy) is 1. The van der Waals surface area contributed by atoms with Crippen molar-refractivity contribution >= 4 is 22.7 Å². The molecular weight excluding hydrogens is 306 g/mol. The molecule has 6 heteroatoms. The summed E-state index contributed by atoms with van der Waals surface area (Å²) in [6.07, 6.45) is 2.93. The minimum atomic E-state index is -0.542. The molecule has 3 aromatic rings. The Labute approximate surface area is 138 Å². The van der Waals surface area contributed by atoms with E-state index in [1.807, 2.05) is 39.0 Å². The summed E-state index contributed by atoms with van der Waals surface area (Å²) in [6.45, 7) is 5.44. The fourth-order valence-electron chi connectivity index (χ4n) is 2.46. The number of carbonyl (C=O) groups excluding carboxylic acids is 1. The maximum atomic E-state index is 11.8. The van der Waals surface area contributed by atoms with Crippen molar-refractivity contribution in [3.63, 3.8) is 0 Å². The SMILES string of the molecule is CC(C)(C)OC(=O)Nc1ccc(-c2c[nH]c(=O)c3[nH]ccc23)cc1. The summed E-state index contributed by atoms with van der Waals surface area (Å²) >= 11 is 0. The van der Waals surface area contributed by atoms with Crippen molar-refractivity contribution in [1.82, 2.24) is 9.97 Å². The van der Waals surface area contributed by atoms with E-state index in [2.05, 4.69) is 15.3 Å². The standard InChI is InChI=1S/C18H19N3O3/c1-18(2,3)24-17(23)21-12-6-4-11(5-7-12)14-10-20-16(22)15-13(14)8-9-19-15/h4-10,19H,1-3H3,(H,20,22)(H,21,23). The normalized spacial score (nSPS) is 11.5. The predicted octanol–water partition coefficient (Wildman–Crippen LogP) is 3.87. The van der Waals surface area contributed by atoms with Crippen molar-refractivity contribution < 1.29 is 9.53 Å². The fourth-order valence-corrected chi connectivity index (χ4v) is 2.46. The number of amides is 1. The lowest BCUT2D eigenvalue weighted by molar-refractivity contribution is 0.0636. The van der Waals surface area contributed by atoms with Crippen LogP contribution in [-0.4, -0.2) is 21.7 Å². The monoisotopic (exact) mass is 325 g/mol. The van der Waals surface area contributed by atoms with Gasteiger partial charge in [0.15, 0.2) is 0 Å². The van der Waals surface area contributed by atoms with Crippen molar-refractivity contribution in [2.75, 3.05) is 5.32 Å². The van der Waals surface area contributed by atoms with E-state index in [9.17, 15) is 9.59 Å². The Morgan fingerprint density at radius 2 is 1.79 bits per heavy atom. The van der Waals surface area contributed by atoms with Gasteiger partial charge in [0.1, 0.15) is 11.1 Å². The molecule has 0 fully saturated rings. The van der Waals surface area contributed by atoms with Crippen LogP contribution >= 0.6 is 0 Å². The van der Waals surface area contributed by atoms with E-state index in [1.54, 1.807) is 24.5 Å². The highest BCUT2D eigenvalue weighted by atomic mass is 16.6. The van der Waals surface area contributed by atoms with Gasteiger partial charge >= 0.3 is 6.09 Å². The van der Waals surface area contributed by atoms with Crippen LogP contribution in [0.15, 0.2) is 47.5 Å². The molecule has 3 rings (SSSR count). The maximum absolute atomic E-state index is 11.8. The molecule has 0 spiro atoms. The van der Waals surface area contributed by atoms with Crippen LogP contribution in [0.4, 0.5) is 10.5 Å². The second-order valence-corrected chi connectivity index (χ2v) is 6.50. The van der Waals surface area contributed by atoms with Crippen molar-refractivity contribution in [1.29, 1.82) is 0 Å². The zero-order valence-electron chi connectivity index (χ0n) is 13.8. The molecule has 0 unspecified atom stereocenters. The van der Waals surface area contributed by atoms with Crippen molar-refractivity contribution in [3.8, 4) is 11.1 Å². The van der Waals surface area contributed by atoms with Gasteiger partial charge in [0.25, 0.3) is 5.56 Å². The van der Waals surface area contributed by atoms with Crippen LogP contribution in [0.3, 0.4) is 0 Å². The van der Waals surface area contributed by atoms with Gasteiger partial charge in [-0.05, 0) is 44.5 Å². The second-order valence-electron chi connectivity index (χ2n) is 6.50. The molecule has 124 valence electrons. The summed E-state index contributed by atoms with van der Waals surface area (Å²) in [4.78, 5) is 29.2. The van der Waals surface area contributed by atoms with E-state index < -0.39 is 11.7 Å². The highest BCUT2D eigenvalue weighted by Crippen LogP contribution is 2.26. The van der Waals surface area contributed by atoms with Gasteiger partial charge in [-0.1, -0.05) is 12.1 Å². The Balaban J connectivity index is 1.84. The smallest absolute Gasteiger partial charge is 0.412 e. The van der Waals surface area contributed by atoms with E-state index in [4.69, 9.17) is 4.74 Å². The molecule has 0 aliphatic heterocycles. The molecule has 24 heavy (non-hydrogen) atoms. The van der Waals surface area contributed by atoms with Gasteiger partial charge in [0.2, 0.25) is 0 Å². The minimum absolute atomic E-state index is 0.151. The van der Waals surface area contributed by atoms with Gasteiger partial charge in [-0.15, -0.1) is 0 Å². The number of pyridine rings is 1. The fraction of sp³-hybridized carbons (Fsp3) is 0.222. The topological polar surface area (TPSA) is 87.0 Å². The first-order valence-electron chi connectivity index (χ1n) is 7.63. The lowest BCUT2D eigenvalue weighted by Gasteiger charge is -2.19. The number of benzene rings is 1. The largest absolute Gasteiger partial charge is 0.444 e. The first kappa shape index (κ1) is 15.9. The average Bonchev–Trinajstić information content (AvgIpc) is 2.97. The molecule has 0 aliphatic carbocycles. The number of aromatic nitrogens is 2. The quantitative estimate of drug-likeness (QED) is 0.668. The molecule has 0 atom stereocenters. The Morgan fingerprint density at radius 3 is 2.46 bits per heavy atom. The number of hydrogen-bond donors (Lipinski definition) is 3. The van der Waals surface area contributed by atoms with Crippen molar-refractivity contribution in [3.05, 3.63) is 53.1 Å². The Kier molecular flexibility index (Phi) is 3.89. The first-order chi connectivity index (χ1) is 11.3. The minimum Gasteiger partial charge on any atom is -0.444 e. The van der Waals surface area contributed by atoms with Crippen molar-refractivity contribution in [2.24, 2.45) is 0 Å². The first-order valence-corrected chi connectivity index (χ1v) is 7.63.